The maximum absolute atomic E-state index is 10.8. The van der Waals surface area contributed by atoms with Gasteiger partial charge in [0, 0.05) is 16.5 Å². The van der Waals surface area contributed by atoms with Crippen molar-refractivity contribution in [3.8, 4) is 11.3 Å². The molecule has 0 radical (unpaired) electrons. The summed E-state index contributed by atoms with van der Waals surface area (Å²) in [4.78, 5) is 21.3. The van der Waals surface area contributed by atoms with Gasteiger partial charge in [-0.1, -0.05) is 66.8 Å². The normalized spacial score (nSPS) is 18.1. The fourth-order valence-electron chi connectivity index (χ4n) is 2.91. The summed E-state index contributed by atoms with van der Waals surface area (Å²) in [7, 11) is 0. The molecule has 1 heterocycles. The van der Waals surface area contributed by atoms with Crippen LogP contribution < -0.4 is 0 Å². The maximum Gasteiger partial charge on any atom is 0.331 e. The van der Waals surface area contributed by atoms with Gasteiger partial charge in [-0.25, -0.2) is 4.79 Å². The van der Waals surface area contributed by atoms with Crippen LogP contribution >= 0.6 is 0 Å². The lowest BCUT2D eigenvalue weighted by Gasteiger charge is -2.23. The van der Waals surface area contributed by atoms with Crippen molar-refractivity contribution in [3.63, 3.8) is 0 Å². The van der Waals surface area contributed by atoms with Crippen LogP contribution in [0.1, 0.15) is 13.3 Å². The van der Waals surface area contributed by atoms with Crippen molar-refractivity contribution in [3.05, 3.63) is 84.5 Å². The van der Waals surface area contributed by atoms with Gasteiger partial charge in [-0.15, -0.1) is 0 Å². The summed E-state index contributed by atoms with van der Waals surface area (Å²) in [6.07, 6.45) is 4.43. The third-order valence-electron chi connectivity index (χ3n) is 4.57. The van der Waals surface area contributed by atoms with Gasteiger partial charge in [0.05, 0.1) is 5.41 Å². The van der Waals surface area contributed by atoms with Crippen LogP contribution in [0.2, 0.25) is 0 Å². The van der Waals surface area contributed by atoms with Crippen LogP contribution in [-0.4, -0.2) is 22.2 Å². The predicted molar refractivity (Wildman–Crippen MR) is 107 cm³/mol. The maximum atomic E-state index is 10.8. The van der Waals surface area contributed by atoms with Gasteiger partial charge < -0.3 is 14.6 Å². The number of allylic oxidation sites excluding steroid dienone is 2. The van der Waals surface area contributed by atoms with Crippen LogP contribution in [0.3, 0.4) is 0 Å². The first-order chi connectivity index (χ1) is 13.4. The standard InChI is InChI=1S/C14H10O.C9H10O4/c1-2-6-11(7-3-1)14-10-12-8-4-5-9-13(12)15-14;1-9(8(12)13)4-2-3-6(5-9)7(10)11/h1-10H;2-4H,5H2,1H3,(H,10,11)(H,12,13). The number of carbonyl (C=O) groups is 2. The van der Waals surface area contributed by atoms with Crippen LogP contribution in [0.5, 0.6) is 0 Å². The zero-order valence-electron chi connectivity index (χ0n) is 15.3. The summed E-state index contributed by atoms with van der Waals surface area (Å²) < 4.78 is 5.75. The highest BCUT2D eigenvalue weighted by molar-refractivity contribution is 5.90. The summed E-state index contributed by atoms with van der Waals surface area (Å²) in [6, 6.07) is 20.3. The monoisotopic (exact) mass is 376 g/mol. The molecular formula is C23H20O5. The number of fused-ring (bicyclic) bond motifs is 1. The average molecular weight is 376 g/mol. The topological polar surface area (TPSA) is 87.7 Å². The molecule has 1 aromatic heterocycles. The van der Waals surface area contributed by atoms with Crippen LogP contribution in [0.4, 0.5) is 0 Å². The Labute approximate surface area is 162 Å². The molecule has 5 heteroatoms. The van der Waals surface area contributed by atoms with E-state index < -0.39 is 17.4 Å². The summed E-state index contributed by atoms with van der Waals surface area (Å²) in [5, 5.41) is 18.6. The lowest BCUT2D eigenvalue weighted by molar-refractivity contribution is -0.145. The fraction of sp³-hybridized carbons (Fsp3) is 0.130. The third-order valence-corrected chi connectivity index (χ3v) is 4.57. The molecule has 0 saturated heterocycles. The fourth-order valence-corrected chi connectivity index (χ4v) is 2.91. The average Bonchev–Trinajstić information content (AvgIpc) is 3.13. The van der Waals surface area contributed by atoms with Gasteiger partial charge in [0.15, 0.2) is 0 Å². The molecule has 1 aliphatic carbocycles. The number of furan rings is 1. The van der Waals surface area contributed by atoms with Gasteiger partial charge in [0.25, 0.3) is 0 Å². The summed E-state index contributed by atoms with van der Waals surface area (Å²) >= 11 is 0. The Kier molecular flexibility index (Phi) is 5.45. The first-order valence-corrected chi connectivity index (χ1v) is 8.78. The number of carboxylic acids is 2. The molecule has 0 fully saturated rings. The molecule has 1 aliphatic rings. The van der Waals surface area contributed by atoms with Gasteiger partial charge in [0.1, 0.15) is 11.3 Å². The van der Waals surface area contributed by atoms with Gasteiger partial charge in [-0.3, -0.25) is 4.79 Å². The van der Waals surface area contributed by atoms with E-state index in [1.807, 2.05) is 36.4 Å². The summed E-state index contributed by atoms with van der Waals surface area (Å²) in [5.74, 6) is -1.13. The molecule has 0 saturated carbocycles. The van der Waals surface area contributed by atoms with Crippen molar-refractivity contribution in [2.45, 2.75) is 13.3 Å². The van der Waals surface area contributed by atoms with E-state index in [0.29, 0.717) is 0 Å². The molecule has 2 N–H and O–H groups in total. The highest BCUT2D eigenvalue weighted by Crippen LogP contribution is 2.31. The number of hydrogen-bond donors (Lipinski definition) is 2. The van der Waals surface area contributed by atoms with E-state index in [1.165, 1.54) is 25.2 Å². The number of rotatable bonds is 3. The molecule has 28 heavy (non-hydrogen) atoms. The number of benzene rings is 2. The Hall–Kier alpha value is -3.60. The van der Waals surface area contributed by atoms with Crippen molar-refractivity contribution in [2.24, 2.45) is 5.41 Å². The lowest BCUT2D eigenvalue weighted by atomic mass is 9.80. The minimum absolute atomic E-state index is 0.0359. The largest absolute Gasteiger partial charge is 0.481 e. The molecule has 142 valence electrons. The van der Waals surface area contributed by atoms with Crippen molar-refractivity contribution >= 4 is 22.9 Å². The van der Waals surface area contributed by atoms with Crippen molar-refractivity contribution in [2.75, 3.05) is 0 Å². The molecule has 4 rings (SSSR count). The number of carboxylic acid groups (broad SMARTS) is 2. The van der Waals surface area contributed by atoms with E-state index in [4.69, 9.17) is 14.6 Å². The second kappa shape index (κ2) is 7.96. The van der Waals surface area contributed by atoms with Crippen LogP contribution in [0.15, 0.2) is 88.9 Å². The molecule has 3 aromatic rings. The number of aliphatic carboxylic acids is 2. The highest BCUT2D eigenvalue weighted by atomic mass is 16.4. The van der Waals surface area contributed by atoms with Crippen molar-refractivity contribution in [1.29, 1.82) is 0 Å². The second-order valence-electron chi connectivity index (χ2n) is 6.77. The zero-order valence-corrected chi connectivity index (χ0v) is 15.3. The zero-order chi connectivity index (χ0) is 20.1. The van der Waals surface area contributed by atoms with Gasteiger partial charge in [0.2, 0.25) is 0 Å². The highest BCUT2D eigenvalue weighted by Gasteiger charge is 2.34. The van der Waals surface area contributed by atoms with E-state index in [2.05, 4.69) is 24.3 Å². The summed E-state index contributed by atoms with van der Waals surface area (Å²) in [5.41, 5.74) is 1.11. The minimum Gasteiger partial charge on any atom is -0.481 e. The molecule has 0 amide bonds. The molecule has 1 atom stereocenters. The van der Waals surface area contributed by atoms with E-state index in [-0.39, 0.29) is 12.0 Å². The van der Waals surface area contributed by atoms with E-state index in [9.17, 15) is 9.59 Å². The third kappa shape index (κ3) is 4.20. The minimum atomic E-state index is -1.08. The van der Waals surface area contributed by atoms with E-state index in [1.54, 1.807) is 0 Å². The van der Waals surface area contributed by atoms with Crippen LogP contribution in [0.25, 0.3) is 22.3 Å². The molecule has 2 aromatic carbocycles. The smallest absolute Gasteiger partial charge is 0.331 e. The SMILES string of the molecule is CC1(C(=O)O)C=CC=C(C(=O)O)C1.c1ccc(-c2cc3ccccc3o2)cc1. The van der Waals surface area contributed by atoms with E-state index in [0.717, 1.165) is 22.3 Å². The predicted octanol–water partition coefficient (Wildman–Crippen LogP) is 5.15. The quantitative estimate of drug-likeness (QED) is 0.660. The molecular weight excluding hydrogens is 356 g/mol. The van der Waals surface area contributed by atoms with Gasteiger partial charge >= 0.3 is 11.9 Å². The van der Waals surface area contributed by atoms with Crippen LogP contribution in [0, 0.1) is 5.41 Å². The lowest BCUT2D eigenvalue weighted by Crippen LogP contribution is -2.28. The first kappa shape index (κ1) is 19.2. The molecule has 0 bridgehead atoms. The van der Waals surface area contributed by atoms with Crippen LogP contribution in [-0.2, 0) is 9.59 Å². The second-order valence-corrected chi connectivity index (χ2v) is 6.77. The Morgan fingerprint density at radius 1 is 1.00 bits per heavy atom. The van der Waals surface area contributed by atoms with Gasteiger partial charge in [-0.05, 0) is 25.5 Å². The Morgan fingerprint density at radius 2 is 1.68 bits per heavy atom. The molecule has 0 spiro atoms. The Morgan fingerprint density at radius 3 is 2.32 bits per heavy atom. The van der Waals surface area contributed by atoms with E-state index >= 15 is 0 Å². The first-order valence-electron chi connectivity index (χ1n) is 8.78. The Bertz CT molecular complexity index is 1030. The van der Waals surface area contributed by atoms with Gasteiger partial charge in [-0.2, -0.15) is 0 Å². The molecule has 0 aliphatic heterocycles. The number of hydrogen-bond acceptors (Lipinski definition) is 3. The summed E-state index contributed by atoms with van der Waals surface area (Å²) in [6.45, 7) is 1.50. The molecule has 1 unspecified atom stereocenters. The molecule has 5 nitrogen and oxygen atoms in total. The van der Waals surface area contributed by atoms with Crippen molar-refractivity contribution in [1.82, 2.24) is 0 Å². The van der Waals surface area contributed by atoms with Crippen molar-refractivity contribution < 1.29 is 24.2 Å². The Balaban J connectivity index is 0.000000163. The number of para-hydroxylation sites is 1.